The van der Waals surface area contributed by atoms with Gasteiger partial charge in [-0.25, -0.2) is 4.79 Å². The van der Waals surface area contributed by atoms with Crippen molar-refractivity contribution in [3.05, 3.63) is 28.8 Å². The van der Waals surface area contributed by atoms with Gasteiger partial charge in [0, 0.05) is 11.6 Å². The van der Waals surface area contributed by atoms with Crippen LogP contribution >= 0.6 is 11.6 Å². The number of carboxylic acids is 1. The third-order valence-electron chi connectivity index (χ3n) is 3.29. The summed E-state index contributed by atoms with van der Waals surface area (Å²) in [5, 5.41) is 23.4. The second kappa shape index (κ2) is 6.95. The summed E-state index contributed by atoms with van der Waals surface area (Å²) in [6.45, 7) is 3.27. The maximum absolute atomic E-state index is 11.8. The summed E-state index contributed by atoms with van der Waals surface area (Å²) in [5.74, 6) is -0.981. The molecule has 3 N–H and O–H groups in total. The van der Waals surface area contributed by atoms with Crippen LogP contribution < -0.4 is 10.6 Å². The summed E-state index contributed by atoms with van der Waals surface area (Å²) < 4.78 is 0. The minimum absolute atomic E-state index is 0.0207. The lowest BCUT2D eigenvalue weighted by atomic mass is 9.88. The fourth-order valence-electron chi connectivity index (χ4n) is 1.51. The SMILES string of the molecule is CCC(C)(CNC(=O)Nc1cc(Cl)ccc1C#N)C(=O)O. The predicted molar refractivity (Wildman–Crippen MR) is 79.2 cm³/mol. The molecule has 0 fully saturated rings. The Balaban J connectivity index is 2.73. The van der Waals surface area contributed by atoms with E-state index in [4.69, 9.17) is 22.0 Å². The van der Waals surface area contributed by atoms with Crippen molar-refractivity contribution in [1.82, 2.24) is 5.32 Å². The van der Waals surface area contributed by atoms with Crippen molar-refractivity contribution in [1.29, 1.82) is 5.26 Å². The molecule has 2 amide bonds. The quantitative estimate of drug-likeness (QED) is 0.778. The van der Waals surface area contributed by atoms with Crippen molar-refractivity contribution in [2.45, 2.75) is 20.3 Å². The summed E-state index contributed by atoms with van der Waals surface area (Å²) in [5.41, 5.74) is -0.494. The van der Waals surface area contributed by atoms with Gasteiger partial charge in [0.15, 0.2) is 0 Å². The van der Waals surface area contributed by atoms with Crippen molar-refractivity contribution in [2.75, 3.05) is 11.9 Å². The highest BCUT2D eigenvalue weighted by Gasteiger charge is 2.31. The van der Waals surface area contributed by atoms with Crippen LogP contribution in [0.2, 0.25) is 5.02 Å². The minimum Gasteiger partial charge on any atom is -0.481 e. The van der Waals surface area contributed by atoms with E-state index in [2.05, 4.69) is 10.6 Å². The van der Waals surface area contributed by atoms with Gasteiger partial charge in [-0.3, -0.25) is 4.79 Å². The van der Waals surface area contributed by atoms with Crippen LogP contribution in [0.5, 0.6) is 0 Å². The number of aliphatic carboxylic acids is 1. The molecule has 7 heteroatoms. The number of hydrogen-bond acceptors (Lipinski definition) is 3. The second-order valence-corrected chi connectivity index (χ2v) is 5.27. The lowest BCUT2D eigenvalue weighted by Gasteiger charge is -2.23. The Labute approximate surface area is 127 Å². The van der Waals surface area contributed by atoms with Crippen molar-refractivity contribution in [3.63, 3.8) is 0 Å². The van der Waals surface area contributed by atoms with E-state index in [1.54, 1.807) is 19.9 Å². The van der Waals surface area contributed by atoms with Crippen LogP contribution in [0.25, 0.3) is 0 Å². The molecule has 1 rings (SSSR count). The molecule has 0 saturated carbocycles. The van der Waals surface area contributed by atoms with Crippen LogP contribution in [0.4, 0.5) is 10.5 Å². The standard InChI is InChI=1S/C14H16ClN3O3/c1-3-14(2,12(19)20)8-17-13(21)18-11-6-10(15)5-4-9(11)7-16/h4-6H,3,8H2,1-2H3,(H,19,20)(H2,17,18,21). The third-order valence-corrected chi connectivity index (χ3v) is 3.52. The zero-order valence-corrected chi connectivity index (χ0v) is 12.5. The summed E-state index contributed by atoms with van der Waals surface area (Å²) in [7, 11) is 0. The van der Waals surface area contributed by atoms with Gasteiger partial charge in [-0.15, -0.1) is 0 Å². The average molecular weight is 310 g/mol. The Morgan fingerprint density at radius 3 is 2.67 bits per heavy atom. The lowest BCUT2D eigenvalue weighted by Crippen LogP contribution is -2.42. The zero-order chi connectivity index (χ0) is 16.0. The normalized spacial score (nSPS) is 12.9. The first kappa shape index (κ1) is 16.8. The highest BCUT2D eigenvalue weighted by molar-refractivity contribution is 6.31. The number of carbonyl (C=O) groups excluding carboxylic acids is 1. The van der Waals surface area contributed by atoms with E-state index in [9.17, 15) is 9.59 Å². The number of amides is 2. The molecule has 1 aromatic carbocycles. The maximum Gasteiger partial charge on any atom is 0.319 e. The largest absolute Gasteiger partial charge is 0.481 e. The molecule has 21 heavy (non-hydrogen) atoms. The first-order valence-corrected chi connectivity index (χ1v) is 6.68. The summed E-state index contributed by atoms with van der Waals surface area (Å²) in [6, 6.07) is 5.84. The number of halogens is 1. The predicted octanol–water partition coefficient (Wildman–Crippen LogP) is 2.83. The molecular formula is C14H16ClN3O3. The van der Waals surface area contributed by atoms with E-state index < -0.39 is 17.4 Å². The fraction of sp³-hybridized carbons (Fsp3) is 0.357. The molecule has 0 radical (unpaired) electrons. The molecule has 112 valence electrons. The molecule has 0 saturated heterocycles. The number of rotatable bonds is 5. The van der Waals surface area contributed by atoms with Gasteiger partial charge in [-0.2, -0.15) is 5.26 Å². The number of nitriles is 1. The molecule has 1 unspecified atom stereocenters. The van der Waals surface area contributed by atoms with Gasteiger partial charge in [0.05, 0.1) is 16.7 Å². The van der Waals surface area contributed by atoms with E-state index in [1.165, 1.54) is 12.1 Å². The van der Waals surface area contributed by atoms with Crippen LogP contribution in [-0.2, 0) is 4.79 Å². The van der Waals surface area contributed by atoms with E-state index in [0.717, 1.165) is 0 Å². The number of benzene rings is 1. The molecule has 1 aromatic rings. The van der Waals surface area contributed by atoms with E-state index in [1.807, 2.05) is 6.07 Å². The van der Waals surface area contributed by atoms with Gasteiger partial charge in [0.2, 0.25) is 0 Å². The molecule has 0 aromatic heterocycles. The van der Waals surface area contributed by atoms with Crippen molar-refractivity contribution >= 4 is 29.3 Å². The summed E-state index contributed by atoms with van der Waals surface area (Å²) in [6.07, 6.45) is 0.378. The van der Waals surface area contributed by atoms with E-state index >= 15 is 0 Å². The Bertz CT molecular complexity index is 598. The number of carboxylic acid groups (broad SMARTS) is 1. The number of urea groups is 1. The van der Waals surface area contributed by atoms with Crippen LogP contribution in [0.15, 0.2) is 18.2 Å². The molecule has 0 aliphatic carbocycles. The highest BCUT2D eigenvalue weighted by atomic mass is 35.5. The Morgan fingerprint density at radius 2 is 2.14 bits per heavy atom. The Morgan fingerprint density at radius 1 is 1.48 bits per heavy atom. The van der Waals surface area contributed by atoms with Gasteiger partial charge in [-0.05, 0) is 31.5 Å². The van der Waals surface area contributed by atoms with Crippen molar-refractivity contribution in [3.8, 4) is 6.07 Å². The zero-order valence-electron chi connectivity index (χ0n) is 11.7. The highest BCUT2D eigenvalue weighted by Crippen LogP contribution is 2.21. The molecule has 6 nitrogen and oxygen atoms in total. The van der Waals surface area contributed by atoms with Gasteiger partial charge >= 0.3 is 12.0 Å². The third kappa shape index (κ3) is 4.36. The number of anilines is 1. The molecule has 1 atom stereocenters. The van der Waals surface area contributed by atoms with Gasteiger partial charge in [-0.1, -0.05) is 18.5 Å². The van der Waals surface area contributed by atoms with Gasteiger partial charge in [0.25, 0.3) is 0 Å². The van der Waals surface area contributed by atoms with Crippen LogP contribution in [0, 0.1) is 16.7 Å². The van der Waals surface area contributed by atoms with Crippen molar-refractivity contribution < 1.29 is 14.7 Å². The van der Waals surface area contributed by atoms with Crippen LogP contribution in [0.3, 0.4) is 0 Å². The number of nitrogens with one attached hydrogen (secondary N) is 2. The monoisotopic (exact) mass is 309 g/mol. The molecule has 0 bridgehead atoms. The van der Waals surface area contributed by atoms with Crippen LogP contribution in [0.1, 0.15) is 25.8 Å². The molecule has 0 heterocycles. The molecule has 0 aliphatic heterocycles. The van der Waals surface area contributed by atoms with E-state index in [-0.39, 0.29) is 17.8 Å². The molecule has 0 spiro atoms. The summed E-state index contributed by atoms with van der Waals surface area (Å²) in [4.78, 5) is 22.9. The van der Waals surface area contributed by atoms with Gasteiger partial charge < -0.3 is 15.7 Å². The lowest BCUT2D eigenvalue weighted by molar-refractivity contribution is -0.147. The first-order valence-electron chi connectivity index (χ1n) is 6.30. The second-order valence-electron chi connectivity index (χ2n) is 4.83. The molecular weight excluding hydrogens is 294 g/mol. The smallest absolute Gasteiger partial charge is 0.319 e. The number of carbonyl (C=O) groups is 2. The number of nitrogens with zero attached hydrogens (tertiary/aromatic N) is 1. The van der Waals surface area contributed by atoms with Gasteiger partial charge in [0.1, 0.15) is 6.07 Å². The maximum atomic E-state index is 11.8. The van der Waals surface area contributed by atoms with Crippen LogP contribution in [-0.4, -0.2) is 23.7 Å². The number of hydrogen-bond donors (Lipinski definition) is 3. The first-order chi connectivity index (χ1) is 9.82. The van der Waals surface area contributed by atoms with E-state index in [0.29, 0.717) is 11.4 Å². The van der Waals surface area contributed by atoms with Crippen molar-refractivity contribution in [2.24, 2.45) is 5.41 Å². The fourth-order valence-corrected chi connectivity index (χ4v) is 1.68. The Hall–Kier alpha value is -2.26. The topological polar surface area (TPSA) is 102 Å². The molecule has 0 aliphatic rings. The Kier molecular flexibility index (Phi) is 5.56. The summed E-state index contributed by atoms with van der Waals surface area (Å²) >= 11 is 5.81. The minimum atomic E-state index is -1.04. The average Bonchev–Trinajstić information content (AvgIpc) is 2.44.